The molecule has 1 saturated heterocycles. The Kier molecular flexibility index (Phi) is 24.7. The number of aromatic amines is 1. The van der Waals surface area contributed by atoms with E-state index in [9.17, 15) is 68.1 Å². The van der Waals surface area contributed by atoms with E-state index in [1.165, 1.54) is 33.0 Å². The molecule has 3 fully saturated rings. The summed E-state index contributed by atoms with van der Waals surface area (Å²) in [5, 5.41) is 48.4. The number of hydrogen-bond donors (Lipinski definition) is 13. The molecule has 0 unspecified atom stereocenters. The van der Waals surface area contributed by atoms with Crippen molar-refractivity contribution in [2.75, 3.05) is 20.1 Å². The largest absolute Gasteiger partial charge is 0.508 e. The lowest BCUT2D eigenvalue weighted by atomic mass is 9.79. The quantitative estimate of drug-likeness (QED) is 0.0203. The number of aromatic hydroxyl groups is 1. The number of phenols is 1. The van der Waals surface area contributed by atoms with E-state index < -0.39 is 138 Å². The van der Waals surface area contributed by atoms with Crippen molar-refractivity contribution in [3.63, 3.8) is 0 Å². The number of aliphatic imine (C=N–C) groups is 1. The highest BCUT2D eigenvalue weighted by molar-refractivity contribution is 6.00. The number of nitrogens with one attached hydrogen (secondary N) is 7. The minimum absolute atomic E-state index is 0.0309. The molecule has 2 saturated carbocycles. The van der Waals surface area contributed by atoms with Gasteiger partial charge < -0.3 is 74.3 Å². The van der Waals surface area contributed by atoms with Gasteiger partial charge in [0.2, 0.25) is 47.3 Å². The first-order chi connectivity index (χ1) is 40.9. The van der Waals surface area contributed by atoms with Crippen LogP contribution >= 0.6 is 0 Å². The first-order valence-electron chi connectivity index (χ1n) is 29.5. The number of hydrogen-bond acceptors (Lipinski definition) is 15. The summed E-state index contributed by atoms with van der Waals surface area (Å²) < 4.78 is 0. The third-order valence-corrected chi connectivity index (χ3v) is 16.3. The molecular weight excluding hydrogens is 1110 g/mol. The van der Waals surface area contributed by atoms with Crippen molar-refractivity contribution in [2.45, 2.75) is 171 Å². The molecule has 0 bridgehead atoms. The summed E-state index contributed by atoms with van der Waals surface area (Å²) in [4.78, 5) is 158. The molecule has 8 amide bonds. The minimum atomic E-state index is -1.67. The average molecular weight is 1200 g/mol. The Bertz CT molecular complexity index is 2960. The van der Waals surface area contributed by atoms with Gasteiger partial charge in [-0.2, -0.15) is 0 Å². The number of nitrogens with two attached hydrogens (primary N) is 3. The van der Waals surface area contributed by atoms with Crippen molar-refractivity contribution >= 4 is 81.5 Å². The molecule has 16 N–H and O–H groups in total. The van der Waals surface area contributed by atoms with Crippen molar-refractivity contribution in [3.8, 4) is 5.75 Å². The molecule has 26 heteroatoms. The molecule has 468 valence electrons. The van der Waals surface area contributed by atoms with Gasteiger partial charge >= 0.3 is 0 Å². The number of carbonyl (C=O) groups is 11. The van der Waals surface area contributed by atoms with E-state index in [1.54, 1.807) is 18.3 Å². The summed E-state index contributed by atoms with van der Waals surface area (Å²) in [5.74, 6) is -10.2. The molecule has 1 aliphatic heterocycles. The number of aliphatic hydroxyl groups excluding tert-OH is 2. The molecule has 0 radical (unpaired) electrons. The molecule has 26 nitrogen and oxygen atoms in total. The maximum Gasteiger partial charge on any atom is 0.246 e. The van der Waals surface area contributed by atoms with Gasteiger partial charge in [-0.1, -0.05) is 62.4 Å². The molecule has 86 heavy (non-hydrogen) atoms. The van der Waals surface area contributed by atoms with Gasteiger partial charge in [-0.3, -0.25) is 57.7 Å². The molecule has 3 aromatic rings. The van der Waals surface area contributed by atoms with E-state index >= 15 is 0 Å². The number of guanidine groups is 1. The van der Waals surface area contributed by atoms with Crippen LogP contribution in [-0.4, -0.2) is 164 Å². The van der Waals surface area contributed by atoms with Crippen LogP contribution < -0.4 is 49.1 Å². The van der Waals surface area contributed by atoms with Crippen LogP contribution in [0, 0.1) is 23.7 Å². The molecule has 2 aliphatic carbocycles. The van der Waals surface area contributed by atoms with Crippen molar-refractivity contribution in [1.29, 1.82) is 0 Å². The lowest BCUT2D eigenvalue weighted by Crippen LogP contribution is -2.56. The fourth-order valence-electron chi connectivity index (χ4n) is 11.0. The summed E-state index contributed by atoms with van der Waals surface area (Å²) in [6.07, 6.45) is 1.31. The Morgan fingerprint density at radius 2 is 1.38 bits per heavy atom. The number of likely N-dealkylation sites (tertiary alicyclic amines) is 1. The monoisotopic (exact) mass is 1200 g/mol. The highest BCUT2D eigenvalue weighted by atomic mass is 16.3. The lowest BCUT2D eigenvalue weighted by molar-refractivity contribution is -0.142. The van der Waals surface area contributed by atoms with Crippen LogP contribution in [0.15, 0.2) is 59.7 Å². The highest BCUT2D eigenvalue weighted by Crippen LogP contribution is 2.35. The van der Waals surface area contributed by atoms with E-state index in [4.69, 9.17) is 17.2 Å². The fraction of sp³-hybridized carbons (Fsp3) is 0.567. The molecule has 1 aromatic heterocycles. The SMILES string of the molecule is CN=C(N)NCCC[C@H](CC(=O)[C@H](CC1CC1)NC(=O)CCC(=O)[C@H](CC1CCC1)NC(=O)[C@@H](CC(=O)[C@H](CC(N)=O)NC(=O)[C@@H]1C[C@@H](O)CN1C(=O)[C@@H](Cc1ccc(O)cc1)NC(C)=O)[C@@H](C)O)C(=O)N[C@@H](Cc1c[nH]c2ccccc12)C(N)=O. The van der Waals surface area contributed by atoms with E-state index in [0.29, 0.717) is 18.5 Å². The number of aromatic nitrogens is 1. The zero-order chi connectivity index (χ0) is 62.8. The zero-order valence-corrected chi connectivity index (χ0v) is 49.0. The maximum absolute atomic E-state index is 14.3. The predicted octanol–water partition coefficient (Wildman–Crippen LogP) is -0.389. The smallest absolute Gasteiger partial charge is 0.246 e. The van der Waals surface area contributed by atoms with E-state index in [1.807, 2.05) is 24.3 Å². The molecule has 10 atom stereocenters. The van der Waals surface area contributed by atoms with Crippen molar-refractivity contribution < 1.29 is 68.1 Å². The first kappa shape index (κ1) is 66.9. The standard InChI is InChI=1S/C60H84N12O14/c1-32(73)42(28-52(79)46(29-53(61)80)70-58(85)49-27-40(76)31-72(49)59(86)48(67-33(2)74)24-36-15-17-39(75)18-16-36)57(84)69-44(22-34-8-6-9-34)50(77)19-20-54(81)68-45(23-35-13-14-35)51(78)26-37(10-7-21-65-60(63)64-3)56(83)71-47(55(62)82)25-38-30-66-43-12-5-4-11-41(38)43/h4-5,11-12,15-18,30,32,34-35,37,40,42,44-49,66,73,75-76H,6-10,13-14,19-29,31H2,1-3H3,(H2,61,80)(H2,62,82)(H,67,74)(H,68,81)(H,69,84)(H,70,85)(H,71,83)(H3,63,64,65)/t32-,37-,40-,42+,44+,45+,46+,47+,48-,49+/m1/s1. The number of fused-ring (bicyclic) bond motifs is 1. The van der Waals surface area contributed by atoms with E-state index in [-0.39, 0.29) is 87.9 Å². The number of phenolic OH excluding ortho intramolecular Hbond substituents is 1. The van der Waals surface area contributed by atoms with Crippen LogP contribution in [-0.2, 0) is 65.6 Å². The normalized spacial score (nSPS) is 18.8. The fourth-order valence-corrected chi connectivity index (χ4v) is 11.0. The summed E-state index contributed by atoms with van der Waals surface area (Å²) in [6, 6.07) is 5.76. The van der Waals surface area contributed by atoms with Gasteiger partial charge in [0, 0.05) is 95.0 Å². The summed E-state index contributed by atoms with van der Waals surface area (Å²) in [7, 11) is 1.51. The summed E-state index contributed by atoms with van der Waals surface area (Å²) in [5.41, 5.74) is 19.3. The number of rotatable bonds is 35. The van der Waals surface area contributed by atoms with Gasteiger partial charge in [0.15, 0.2) is 23.3 Å². The summed E-state index contributed by atoms with van der Waals surface area (Å²) >= 11 is 0. The number of H-pyrrole nitrogens is 1. The second-order valence-electron chi connectivity index (χ2n) is 23.2. The summed E-state index contributed by atoms with van der Waals surface area (Å²) in [6.45, 7) is 2.43. The Morgan fingerprint density at radius 1 is 0.733 bits per heavy atom. The highest BCUT2D eigenvalue weighted by Gasteiger charge is 2.43. The van der Waals surface area contributed by atoms with Gasteiger partial charge in [-0.15, -0.1) is 0 Å². The van der Waals surface area contributed by atoms with Crippen LogP contribution in [0.5, 0.6) is 5.75 Å². The average Bonchev–Trinajstić information content (AvgIpc) is 2.75. The van der Waals surface area contributed by atoms with Crippen molar-refractivity contribution in [1.82, 2.24) is 41.8 Å². The van der Waals surface area contributed by atoms with Gasteiger partial charge in [0.05, 0.1) is 42.7 Å². The zero-order valence-electron chi connectivity index (χ0n) is 49.0. The van der Waals surface area contributed by atoms with Gasteiger partial charge in [-0.05, 0) is 73.8 Å². The van der Waals surface area contributed by atoms with Gasteiger partial charge in [0.1, 0.15) is 23.9 Å². The molecule has 3 aliphatic rings. The minimum Gasteiger partial charge on any atom is -0.508 e. The van der Waals surface area contributed by atoms with Crippen molar-refractivity contribution in [3.05, 3.63) is 65.9 Å². The Morgan fingerprint density at radius 3 is 2.00 bits per heavy atom. The predicted molar refractivity (Wildman–Crippen MR) is 315 cm³/mol. The number of aliphatic hydroxyl groups is 2. The van der Waals surface area contributed by atoms with Gasteiger partial charge in [-0.25, -0.2) is 0 Å². The van der Waals surface area contributed by atoms with Gasteiger partial charge in [0.25, 0.3) is 0 Å². The maximum atomic E-state index is 14.3. The number of primary amides is 2. The Hall–Kier alpha value is -8.26. The van der Waals surface area contributed by atoms with Crippen LogP contribution in [0.4, 0.5) is 0 Å². The molecule has 2 heterocycles. The van der Waals surface area contributed by atoms with Crippen LogP contribution in [0.3, 0.4) is 0 Å². The van der Waals surface area contributed by atoms with Crippen LogP contribution in [0.2, 0.25) is 0 Å². The Balaban J connectivity index is 1.09. The first-order valence-corrected chi connectivity index (χ1v) is 29.5. The third-order valence-electron chi connectivity index (χ3n) is 16.3. The lowest BCUT2D eigenvalue weighted by Gasteiger charge is -2.31. The Labute approximate surface area is 498 Å². The number of Topliss-reactive ketones (excluding diaryl/α,β-unsaturated/α-hetero) is 3. The van der Waals surface area contributed by atoms with E-state index in [0.717, 1.165) is 53.5 Å². The molecule has 0 spiro atoms. The number of carbonyl (C=O) groups excluding carboxylic acids is 11. The number of ketones is 3. The second-order valence-corrected chi connectivity index (χ2v) is 23.2. The molecular formula is C60H84N12O14. The van der Waals surface area contributed by atoms with Crippen LogP contribution in [0.25, 0.3) is 10.9 Å². The topological polar surface area (TPSA) is 430 Å². The van der Waals surface area contributed by atoms with E-state index in [2.05, 4.69) is 41.9 Å². The number of β-amino-alcohol motifs (C(OH)–C–C–N with tert-alkyl or cyclic N) is 1. The molecule has 2 aromatic carbocycles. The number of benzene rings is 2. The second kappa shape index (κ2) is 31.8. The number of amides is 8. The number of para-hydroxylation sites is 1. The number of nitrogens with zero attached hydrogens (tertiary/aromatic N) is 2. The van der Waals surface area contributed by atoms with Crippen LogP contribution in [0.1, 0.15) is 121 Å². The third kappa shape index (κ3) is 20.2. The van der Waals surface area contributed by atoms with Crippen molar-refractivity contribution in [2.24, 2.45) is 45.9 Å². The molecule has 6 rings (SSSR count).